The largest absolute Gasteiger partial charge is 0.387 e. The molecule has 0 aliphatic carbocycles. The Labute approximate surface area is 511 Å². The molecular weight excluding hydrogens is 1290 g/mol. The molecule has 41 heteroatoms. The van der Waals surface area contributed by atoms with Crippen molar-refractivity contribution in [3.8, 4) is 0 Å². The summed E-state index contributed by atoms with van der Waals surface area (Å²) < 4.78 is 102. The van der Waals surface area contributed by atoms with Crippen molar-refractivity contribution in [3.63, 3.8) is 0 Å². The van der Waals surface area contributed by atoms with E-state index in [2.05, 4.69) is 42.2 Å². The van der Waals surface area contributed by atoms with Gasteiger partial charge in [-0.05, 0) is 71.6 Å². The predicted molar refractivity (Wildman–Crippen MR) is 312 cm³/mol. The quantitative estimate of drug-likeness (QED) is 0.0358. The smallest absolute Gasteiger partial charge is 0.386 e. The molecule has 0 aromatic carbocycles. The number of nitrogens with one attached hydrogen (secondary N) is 2. The molecule has 5 aromatic heterocycles. The number of imidazole rings is 1. The van der Waals surface area contributed by atoms with Crippen molar-refractivity contribution in [2.45, 2.75) is 170 Å². The van der Waals surface area contributed by atoms with Gasteiger partial charge in [-0.1, -0.05) is 19.2 Å². The number of aromatic nitrogens is 10. The van der Waals surface area contributed by atoms with Crippen LogP contribution < -0.4 is 45.4 Å². The molecule has 10 unspecified atom stereocenters. The Bertz CT molecular complexity index is 4100. The maximum atomic E-state index is 15.1. The van der Waals surface area contributed by atoms with E-state index in [1.807, 2.05) is 0 Å². The van der Waals surface area contributed by atoms with Crippen molar-refractivity contribution in [3.05, 3.63) is 93.8 Å². The molecule has 11 N–H and O–H groups in total. The third-order valence-corrected chi connectivity index (χ3v) is 21.8. The number of anilines is 3. The van der Waals surface area contributed by atoms with Crippen molar-refractivity contribution in [1.29, 1.82) is 0 Å². The molecule has 12 heterocycles. The molecule has 0 amide bonds. The fourth-order valence-electron chi connectivity index (χ4n) is 12.4. The van der Waals surface area contributed by atoms with Gasteiger partial charge in [0, 0.05) is 41.7 Å². The van der Waals surface area contributed by atoms with Gasteiger partial charge in [0.05, 0.1) is 56.7 Å². The lowest BCUT2D eigenvalue weighted by Gasteiger charge is -2.38. The number of aromatic amines is 2. The number of nitrogens with two attached hydrogens (primary N) is 3. The number of aryl methyl sites for hydroxylation is 3. The number of aliphatic hydroxyl groups is 1. The Morgan fingerprint density at radius 1 is 0.682 bits per heavy atom. The fourth-order valence-corrected chi connectivity index (χ4v) is 16.8. The highest BCUT2D eigenvalue weighted by Crippen LogP contribution is 2.65. The maximum absolute atomic E-state index is 15.1. The first-order chi connectivity index (χ1) is 41.3. The minimum atomic E-state index is -4.88. The number of nitrogens with zero attached hydrogens (tertiary/aromatic N) is 8. The maximum Gasteiger partial charge on any atom is 0.386 e. The standard InChI is InChI=1S/C47H62N13O22P3S3/c1-8-23-24(9-25(76-23)57-10-17(2)33(48)52-42(57)64)80-83(67,86)71-14-46-21(6)74-28(39(78-46)59-12-19(4)36(62)56-44(59)66)31(46)81-85(69,88)72-15-47-22(7)75-29(40(79-47)60-16-51-26-35(60)54-41(50)55-37(26)63)32(47)82-84(68,87)70-13-45-20(5)73-27(30(45)61)38(77-45)58-11-18(3)34(49)53-43(58)65/h10-12,16,20-25,27-32,38-40,61H,8-9,13-15H2,1-7H3,(H,67,86)(H,68,87)(H,69,88)(H2,48,52,64)(H2,49,53,65)(H,56,62,66)(H3,50,54,55,63)/t20-,21-,22-,23+,24?,25+,27?,28?,29?,30?,31?,32?,38+,39+,40+,45-,46-,47-,83?,84?,85?/m0/s1. The van der Waals surface area contributed by atoms with Gasteiger partial charge in [0.15, 0.2) is 29.8 Å². The molecule has 0 spiro atoms. The van der Waals surface area contributed by atoms with Gasteiger partial charge in [-0.25, -0.2) is 23.9 Å². The Balaban J connectivity index is 0.821. The Morgan fingerprint density at radius 2 is 1.19 bits per heavy atom. The second-order valence-corrected chi connectivity index (χ2v) is 31.0. The van der Waals surface area contributed by atoms with E-state index in [1.54, 1.807) is 41.5 Å². The van der Waals surface area contributed by atoms with Crippen LogP contribution in [0.3, 0.4) is 0 Å². The van der Waals surface area contributed by atoms with Crippen molar-refractivity contribution in [1.82, 2.24) is 48.2 Å². The highest BCUT2D eigenvalue weighted by molar-refractivity contribution is 8.44. The first-order valence-electron chi connectivity index (χ1n) is 27.4. The van der Waals surface area contributed by atoms with Crippen LogP contribution in [0.15, 0.2) is 48.9 Å². The molecule has 7 aliphatic rings. The number of hydrogen-bond acceptors (Lipinski definition) is 29. The van der Waals surface area contributed by atoms with Crippen LogP contribution in [-0.4, -0.2) is 167 Å². The number of rotatable bonds is 20. The van der Waals surface area contributed by atoms with Crippen molar-refractivity contribution >= 4 is 84.8 Å². The zero-order chi connectivity index (χ0) is 63.3. The third-order valence-electron chi connectivity index (χ3n) is 17.2. The molecule has 21 atom stereocenters. The van der Waals surface area contributed by atoms with Gasteiger partial charge in [-0.15, -0.1) is 0 Å². The number of H-pyrrole nitrogens is 2. The zero-order valence-electron chi connectivity index (χ0n) is 47.5. The van der Waals surface area contributed by atoms with E-state index in [-0.39, 0.29) is 40.7 Å². The van der Waals surface area contributed by atoms with E-state index in [0.717, 1.165) is 9.13 Å². The summed E-state index contributed by atoms with van der Waals surface area (Å²) in [5, 5.41) is 11.7. The van der Waals surface area contributed by atoms with Gasteiger partial charge in [0.25, 0.3) is 11.1 Å². The second-order valence-electron chi connectivity index (χ2n) is 22.5. The average molecular weight is 1350 g/mol. The number of nitrogen functional groups attached to an aromatic ring is 3. The lowest BCUT2D eigenvalue weighted by atomic mass is 9.94. The van der Waals surface area contributed by atoms with Crippen LogP contribution in [-0.2, 0) is 88.5 Å². The summed E-state index contributed by atoms with van der Waals surface area (Å²) in [6.07, 6.45) is -12.2. The number of aliphatic hydroxyl groups excluding tert-OH is 1. The summed E-state index contributed by atoms with van der Waals surface area (Å²) in [7, 11) is 0. The van der Waals surface area contributed by atoms with E-state index in [1.165, 1.54) is 41.0 Å². The Hall–Kier alpha value is -4.57. The van der Waals surface area contributed by atoms with E-state index in [4.69, 9.17) is 101 Å². The summed E-state index contributed by atoms with van der Waals surface area (Å²) in [6.45, 7) is -4.86. The lowest BCUT2D eigenvalue weighted by molar-refractivity contribution is -0.218. The molecule has 12 rings (SSSR count). The van der Waals surface area contributed by atoms with Crippen LogP contribution in [0.4, 0.5) is 17.6 Å². The molecule has 88 heavy (non-hydrogen) atoms. The first-order valence-corrected chi connectivity index (χ1v) is 35.2. The molecule has 35 nitrogen and oxygen atoms in total. The van der Waals surface area contributed by atoms with Gasteiger partial charge in [-0.2, -0.15) is 15.0 Å². The highest BCUT2D eigenvalue weighted by Gasteiger charge is 2.72. The van der Waals surface area contributed by atoms with Gasteiger partial charge < -0.3 is 78.8 Å². The lowest BCUT2D eigenvalue weighted by Crippen LogP contribution is -2.52. The normalized spacial score (nSPS) is 36.8. The third kappa shape index (κ3) is 10.7. The van der Waals surface area contributed by atoms with Crippen molar-refractivity contribution < 1.29 is 79.8 Å². The van der Waals surface area contributed by atoms with E-state index in [9.17, 15) is 38.9 Å². The molecule has 0 radical (unpaired) electrons. The van der Waals surface area contributed by atoms with Crippen LogP contribution >= 0.6 is 32.5 Å². The van der Waals surface area contributed by atoms with Crippen LogP contribution in [0.2, 0.25) is 0 Å². The first kappa shape index (κ1) is 63.6. The topological polar surface area (TPSA) is 464 Å². The van der Waals surface area contributed by atoms with Gasteiger partial charge in [0.1, 0.15) is 71.3 Å². The van der Waals surface area contributed by atoms with Gasteiger partial charge in [0.2, 0.25) is 5.95 Å². The average Bonchev–Trinajstić information content (AvgIpc) is 1.63. The minimum Gasteiger partial charge on any atom is -0.387 e. The molecule has 7 aliphatic heterocycles. The van der Waals surface area contributed by atoms with Crippen LogP contribution in [0.5, 0.6) is 0 Å². The SMILES string of the molecule is CC[C@H]1O[C@@H](n2cc(C)c(N)nc2=O)CC1OP(O)(=S)OC[C@]12O[C@@H](n3cc(C)c(=O)[nH]c3=O)C(O[C@H]1C)C2OP(=O)(S)OC[C@]12O[C@@H](n3cnc4c(=O)[nH]c(N)nc43)C(O[C@H]1C)C2OP(O)(=S)OC[C@]12O[C@@H](n3cc(C)c(N)nc3=O)C(O[C@H]1C)C2O. The second kappa shape index (κ2) is 22.6. The van der Waals surface area contributed by atoms with Crippen molar-refractivity contribution in [2.75, 3.05) is 37.0 Å². The zero-order valence-corrected chi connectivity index (χ0v) is 52.7. The summed E-state index contributed by atoms with van der Waals surface area (Å²) in [5.41, 5.74) is 9.07. The fraction of sp³-hybridized carbons (Fsp3) is 0.638. The molecule has 480 valence electrons. The highest BCUT2D eigenvalue weighted by atomic mass is 32.7. The molecule has 5 aromatic rings. The Kier molecular flexibility index (Phi) is 16.3. The van der Waals surface area contributed by atoms with E-state index >= 15 is 4.57 Å². The summed E-state index contributed by atoms with van der Waals surface area (Å²) in [5.74, 6) is -0.245. The molecule has 6 bridgehead atoms. The van der Waals surface area contributed by atoms with Crippen LogP contribution in [0.25, 0.3) is 11.2 Å². The Morgan fingerprint density at radius 3 is 1.83 bits per heavy atom. The van der Waals surface area contributed by atoms with E-state index in [0.29, 0.717) is 17.5 Å². The monoisotopic (exact) mass is 1350 g/mol. The molecule has 7 saturated heterocycles. The van der Waals surface area contributed by atoms with Gasteiger partial charge >= 0.3 is 37.3 Å². The summed E-state index contributed by atoms with van der Waals surface area (Å²) >= 11 is 15.7. The summed E-state index contributed by atoms with van der Waals surface area (Å²) in [4.78, 5) is 110. The number of thiol groups is 1. The van der Waals surface area contributed by atoms with Crippen LogP contribution in [0.1, 0.15) is 82.1 Å². The predicted octanol–water partition coefficient (Wildman–Crippen LogP) is -0.245. The van der Waals surface area contributed by atoms with Gasteiger partial charge in [-0.3, -0.25) is 51.4 Å². The number of ether oxygens (including phenoxy) is 7. The number of fused-ring (bicyclic) bond motifs is 7. The van der Waals surface area contributed by atoms with Crippen molar-refractivity contribution in [2.24, 2.45) is 0 Å². The van der Waals surface area contributed by atoms with Crippen LogP contribution in [0, 0.1) is 20.8 Å². The molecule has 7 fully saturated rings. The molecule has 0 saturated carbocycles. The number of hydrogen-bond donors (Lipinski definition) is 9. The minimum absolute atomic E-state index is 0.0113. The summed E-state index contributed by atoms with van der Waals surface area (Å²) in [6, 6.07) is 0. The molecular formula is C47H62N13O22P3S3. The van der Waals surface area contributed by atoms with E-state index < -0.39 is 177 Å².